The van der Waals surface area contributed by atoms with Gasteiger partial charge >= 0.3 is 12.1 Å². The Balaban J connectivity index is 2.59. The predicted octanol–water partition coefficient (Wildman–Crippen LogP) is 3.71. The molecule has 0 saturated heterocycles. The average molecular weight is 407 g/mol. The second-order valence-corrected chi connectivity index (χ2v) is 7.88. The summed E-state index contributed by atoms with van der Waals surface area (Å²) in [5.41, 5.74) is 0.244. The Hall–Kier alpha value is -2.57. The van der Waals surface area contributed by atoms with Crippen LogP contribution in [0.1, 0.15) is 65.4 Å². The Kier molecular flexibility index (Phi) is 10.8. The van der Waals surface area contributed by atoms with Gasteiger partial charge in [-0.05, 0) is 39.2 Å². The number of alkyl carbamates (subject to hydrolysis) is 1. The van der Waals surface area contributed by atoms with Crippen molar-refractivity contribution in [2.45, 2.75) is 78.0 Å². The number of esters is 1. The van der Waals surface area contributed by atoms with Gasteiger partial charge in [-0.15, -0.1) is 0 Å². The number of unbranched alkanes of at least 4 members (excludes halogenated alkanes) is 2. The Labute approximate surface area is 173 Å². The van der Waals surface area contributed by atoms with Crippen molar-refractivity contribution in [3.63, 3.8) is 0 Å². The van der Waals surface area contributed by atoms with Crippen LogP contribution >= 0.6 is 0 Å². The molecule has 1 aromatic rings. The smallest absolute Gasteiger partial charge is 0.408 e. The van der Waals surface area contributed by atoms with Crippen LogP contribution in [0.2, 0.25) is 0 Å². The molecule has 0 fully saturated rings. The third-order valence-electron chi connectivity index (χ3n) is 3.96. The molecule has 0 saturated carbocycles. The molecular formula is C22H34N2O5. The van der Waals surface area contributed by atoms with Crippen LogP contribution in [0, 0.1) is 0 Å². The van der Waals surface area contributed by atoms with Crippen molar-refractivity contribution in [2.24, 2.45) is 0 Å². The van der Waals surface area contributed by atoms with E-state index in [1.165, 1.54) is 0 Å². The number of carbonyl (C=O) groups is 3. The molecule has 7 nitrogen and oxygen atoms in total. The molecule has 7 heteroatoms. The van der Waals surface area contributed by atoms with Gasteiger partial charge in [-0.25, -0.2) is 4.79 Å². The monoisotopic (exact) mass is 406 g/mol. The predicted molar refractivity (Wildman–Crippen MR) is 111 cm³/mol. The molecule has 0 spiro atoms. The molecule has 0 bridgehead atoms. The van der Waals surface area contributed by atoms with Crippen molar-refractivity contribution in [3.8, 4) is 0 Å². The SMILES string of the molecule is CCCCCNC(=O)C(CCC(=O)OC(C)(C)C)NC(=O)OCc1ccccc1. The van der Waals surface area contributed by atoms with Crippen LogP contribution in [0.5, 0.6) is 0 Å². The van der Waals surface area contributed by atoms with Gasteiger partial charge in [-0.3, -0.25) is 9.59 Å². The lowest BCUT2D eigenvalue weighted by molar-refractivity contribution is -0.155. The summed E-state index contributed by atoms with van der Waals surface area (Å²) >= 11 is 0. The largest absolute Gasteiger partial charge is 0.460 e. The summed E-state index contributed by atoms with van der Waals surface area (Å²) in [6.45, 7) is 8.04. The third-order valence-corrected chi connectivity index (χ3v) is 3.96. The maximum Gasteiger partial charge on any atom is 0.408 e. The summed E-state index contributed by atoms with van der Waals surface area (Å²) in [5, 5.41) is 5.37. The fourth-order valence-corrected chi connectivity index (χ4v) is 2.54. The van der Waals surface area contributed by atoms with Crippen molar-refractivity contribution < 1.29 is 23.9 Å². The number of nitrogens with one attached hydrogen (secondary N) is 2. The molecule has 0 radical (unpaired) electrons. The zero-order chi connectivity index (χ0) is 21.7. The summed E-state index contributed by atoms with van der Waals surface area (Å²) in [6, 6.07) is 8.39. The average Bonchev–Trinajstić information content (AvgIpc) is 2.66. The number of hydrogen-bond donors (Lipinski definition) is 2. The highest BCUT2D eigenvalue weighted by Gasteiger charge is 2.24. The molecule has 1 aromatic carbocycles. The van der Waals surface area contributed by atoms with Crippen LogP contribution in [0.25, 0.3) is 0 Å². The number of benzene rings is 1. The van der Waals surface area contributed by atoms with E-state index in [1.54, 1.807) is 20.8 Å². The van der Waals surface area contributed by atoms with E-state index < -0.39 is 23.7 Å². The van der Waals surface area contributed by atoms with Crippen LogP contribution in [0.4, 0.5) is 4.79 Å². The van der Waals surface area contributed by atoms with E-state index in [1.807, 2.05) is 30.3 Å². The first-order valence-corrected chi connectivity index (χ1v) is 10.2. The highest BCUT2D eigenvalue weighted by atomic mass is 16.6. The molecule has 0 heterocycles. The third kappa shape index (κ3) is 11.8. The Morgan fingerprint density at radius 3 is 2.38 bits per heavy atom. The number of amides is 2. The van der Waals surface area contributed by atoms with Crippen molar-refractivity contribution in [1.82, 2.24) is 10.6 Å². The minimum absolute atomic E-state index is 0.0171. The van der Waals surface area contributed by atoms with Crippen LogP contribution in [0.3, 0.4) is 0 Å². The van der Waals surface area contributed by atoms with Gasteiger partial charge in [0.25, 0.3) is 0 Å². The van der Waals surface area contributed by atoms with E-state index in [2.05, 4.69) is 17.6 Å². The molecule has 0 aliphatic rings. The summed E-state index contributed by atoms with van der Waals surface area (Å²) in [7, 11) is 0. The summed E-state index contributed by atoms with van der Waals surface area (Å²) < 4.78 is 10.5. The lowest BCUT2D eigenvalue weighted by Gasteiger charge is -2.21. The van der Waals surface area contributed by atoms with Crippen molar-refractivity contribution in [2.75, 3.05) is 6.54 Å². The number of rotatable bonds is 11. The van der Waals surface area contributed by atoms with Gasteiger partial charge in [0.1, 0.15) is 18.2 Å². The van der Waals surface area contributed by atoms with Crippen molar-refractivity contribution >= 4 is 18.0 Å². The lowest BCUT2D eigenvalue weighted by atomic mass is 10.1. The molecule has 0 aromatic heterocycles. The first kappa shape index (κ1) is 24.5. The molecule has 0 aliphatic carbocycles. The van der Waals surface area contributed by atoms with Gasteiger partial charge in [0.15, 0.2) is 0 Å². The summed E-state index contributed by atoms with van der Waals surface area (Å²) in [4.78, 5) is 36.6. The molecule has 2 amide bonds. The second-order valence-electron chi connectivity index (χ2n) is 7.88. The van der Waals surface area contributed by atoms with Crippen molar-refractivity contribution in [1.29, 1.82) is 0 Å². The zero-order valence-electron chi connectivity index (χ0n) is 18.0. The van der Waals surface area contributed by atoms with Crippen LogP contribution in [-0.4, -0.2) is 36.2 Å². The van der Waals surface area contributed by atoms with Crippen LogP contribution in [-0.2, 0) is 25.7 Å². The van der Waals surface area contributed by atoms with Crippen molar-refractivity contribution in [3.05, 3.63) is 35.9 Å². The lowest BCUT2D eigenvalue weighted by Crippen LogP contribution is -2.47. The molecule has 1 unspecified atom stereocenters. The van der Waals surface area contributed by atoms with Gasteiger partial charge < -0.3 is 20.1 Å². The van der Waals surface area contributed by atoms with E-state index in [4.69, 9.17) is 9.47 Å². The van der Waals surface area contributed by atoms with E-state index >= 15 is 0 Å². The normalized spacial score (nSPS) is 12.0. The number of hydrogen-bond acceptors (Lipinski definition) is 5. The zero-order valence-corrected chi connectivity index (χ0v) is 18.0. The van der Waals surface area contributed by atoms with E-state index in [9.17, 15) is 14.4 Å². The minimum Gasteiger partial charge on any atom is -0.460 e. The molecule has 1 atom stereocenters. The van der Waals surface area contributed by atoms with E-state index in [0.717, 1.165) is 24.8 Å². The molecule has 2 N–H and O–H groups in total. The fourth-order valence-electron chi connectivity index (χ4n) is 2.54. The van der Waals surface area contributed by atoms with E-state index in [0.29, 0.717) is 6.54 Å². The second kappa shape index (κ2) is 12.8. The van der Waals surface area contributed by atoms with Gasteiger partial charge in [0, 0.05) is 13.0 Å². The Morgan fingerprint density at radius 1 is 1.07 bits per heavy atom. The van der Waals surface area contributed by atoms with Crippen LogP contribution < -0.4 is 10.6 Å². The first-order chi connectivity index (χ1) is 13.7. The maximum absolute atomic E-state index is 12.5. The quantitative estimate of drug-likeness (QED) is 0.432. The summed E-state index contributed by atoms with van der Waals surface area (Å²) in [6.07, 6.45) is 2.36. The number of carbonyl (C=O) groups excluding carboxylic acids is 3. The molecule has 0 aliphatic heterocycles. The minimum atomic E-state index is -0.868. The molecule has 162 valence electrons. The van der Waals surface area contributed by atoms with Gasteiger partial charge in [0.05, 0.1) is 0 Å². The number of ether oxygens (including phenoxy) is 2. The Morgan fingerprint density at radius 2 is 1.76 bits per heavy atom. The van der Waals surface area contributed by atoms with Gasteiger partial charge in [0.2, 0.25) is 5.91 Å². The highest BCUT2D eigenvalue weighted by Crippen LogP contribution is 2.10. The summed E-state index contributed by atoms with van der Waals surface area (Å²) in [5.74, 6) is -0.748. The molecule has 1 rings (SSSR count). The maximum atomic E-state index is 12.5. The standard InChI is InChI=1S/C22H34N2O5/c1-5-6-10-15-23-20(26)18(13-14-19(25)29-22(2,3)4)24-21(27)28-16-17-11-8-7-9-12-17/h7-9,11-12,18H,5-6,10,13-16H2,1-4H3,(H,23,26)(H,24,27). The van der Waals surface area contributed by atoms with Crippen LogP contribution in [0.15, 0.2) is 30.3 Å². The molecule has 29 heavy (non-hydrogen) atoms. The first-order valence-electron chi connectivity index (χ1n) is 10.2. The Bertz CT molecular complexity index is 640. The van der Waals surface area contributed by atoms with Gasteiger partial charge in [-0.2, -0.15) is 0 Å². The fraction of sp³-hybridized carbons (Fsp3) is 0.591. The highest BCUT2D eigenvalue weighted by molar-refractivity contribution is 5.86. The molecular weight excluding hydrogens is 372 g/mol. The van der Waals surface area contributed by atoms with E-state index in [-0.39, 0.29) is 25.4 Å². The van der Waals surface area contributed by atoms with Gasteiger partial charge in [-0.1, -0.05) is 50.1 Å². The topological polar surface area (TPSA) is 93.7 Å².